The number of benzene rings is 2. The minimum absolute atomic E-state index is 0.0727. The SMILES string of the molecule is O=C(c1ccccc1)N1CCN(CC(=O)N2CCSc3ccccc32)CC1. The van der Waals surface area contributed by atoms with Gasteiger partial charge >= 0.3 is 0 Å². The molecular weight excluding hydrogens is 358 g/mol. The monoisotopic (exact) mass is 381 g/mol. The summed E-state index contributed by atoms with van der Waals surface area (Å²) in [7, 11) is 0. The summed E-state index contributed by atoms with van der Waals surface area (Å²) in [4.78, 5) is 32.5. The van der Waals surface area contributed by atoms with Crippen molar-refractivity contribution in [2.45, 2.75) is 4.90 Å². The third-order valence-electron chi connectivity index (χ3n) is 5.07. The Morgan fingerprint density at radius 2 is 1.56 bits per heavy atom. The van der Waals surface area contributed by atoms with Gasteiger partial charge in [-0.1, -0.05) is 30.3 Å². The molecule has 2 amide bonds. The average Bonchev–Trinajstić information content (AvgIpc) is 2.74. The second-order valence-corrected chi connectivity index (χ2v) is 7.93. The second-order valence-electron chi connectivity index (χ2n) is 6.80. The Labute approximate surface area is 163 Å². The molecule has 2 heterocycles. The molecule has 0 spiro atoms. The normalized spacial score (nSPS) is 17.5. The Bertz CT molecular complexity index is 819. The number of hydrogen-bond acceptors (Lipinski definition) is 4. The van der Waals surface area contributed by atoms with E-state index in [0.717, 1.165) is 36.6 Å². The summed E-state index contributed by atoms with van der Waals surface area (Å²) in [5, 5.41) is 0. The summed E-state index contributed by atoms with van der Waals surface area (Å²) in [6.07, 6.45) is 0. The summed E-state index contributed by atoms with van der Waals surface area (Å²) in [5.74, 6) is 1.15. The summed E-state index contributed by atoms with van der Waals surface area (Å²) in [6.45, 7) is 3.95. The molecule has 2 aliphatic rings. The summed E-state index contributed by atoms with van der Waals surface area (Å²) >= 11 is 1.81. The maximum Gasteiger partial charge on any atom is 0.253 e. The van der Waals surface area contributed by atoms with Gasteiger partial charge in [-0.05, 0) is 24.3 Å². The lowest BCUT2D eigenvalue weighted by Crippen LogP contribution is -2.52. The molecule has 27 heavy (non-hydrogen) atoms. The van der Waals surface area contributed by atoms with E-state index < -0.39 is 0 Å². The third-order valence-corrected chi connectivity index (χ3v) is 6.11. The van der Waals surface area contributed by atoms with E-state index in [0.29, 0.717) is 19.6 Å². The van der Waals surface area contributed by atoms with Gasteiger partial charge in [0.05, 0.1) is 12.2 Å². The van der Waals surface area contributed by atoms with E-state index in [4.69, 9.17) is 0 Å². The van der Waals surface area contributed by atoms with Gasteiger partial charge in [0.2, 0.25) is 5.91 Å². The van der Waals surface area contributed by atoms with Crippen molar-refractivity contribution in [1.29, 1.82) is 0 Å². The van der Waals surface area contributed by atoms with Crippen LogP contribution in [-0.2, 0) is 4.79 Å². The van der Waals surface area contributed by atoms with Gasteiger partial charge in [0, 0.05) is 48.9 Å². The topological polar surface area (TPSA) is 43.9 Å². The number of nitrogens with zero attached hydrogens (tertiary/aromatic N) is 3. The highest BCUT2D eigenvalue weighted by molar-refractivity contribution is 7.99. The van der Waals surface area contributed by atoms with E-state index in [9.17, 15) is 9.59 Å². The number of anilines is 1. The Morgan fingerprint density at radius 1 is 0.852 bits per heavy atom. The van der Waals surface area contributed by atoms with Gasteiger partial charge in [0.1, 0.15) is 0 Å². The Kier molecular flexibility index (Phi) is 5.45. The maximum absolute atomic E-state index is 12.9. The number of hydrogen-bond donors (Lipinski definition) is 0. The van der Waals surface area contributed by atoms with Crippen molar-refractivity contribution in [3.63, 3.8) is 0 Å². The molecule has 6 heteroatoms. The van der Waals surface area contributed by atoms with E-state index in [1.165, 1.54) is 4.90 Å². The minimum atomic E-state index is 0.0727. The first-order valence-electron chi connectivity index (χ1n) is 9.31. The van der Waals surface area contributed by atoms with Crippen LogP contribution in [-0.4, -0.2) is 66.6 Å². The molecule has 2 aliphatic heterocycles. The van der Waals surface area contributed by atoms with Crippen LogP contribution in [0.3, 0.4) is 0 Å². The van der Waals surface area contributed by atoms with Gasteiger partial charge in [-0.3, -0.25) is 14.5 Å². The lowest BCUT2D eigenvalue weighted by Gasteiger charge is -2.36. The quantitative estimate of drug-likeness (QED) is 0.820. The summed E-state index contributed by atoms with van der Waals surface area (Å²) in [6, 6.07) is 17.5. The highest BCUT2D eigenvalue weighted by Crippen LogP contribution is 2.34. The molecule has 4 rings (SSSR count). The lowest BCUT2D eigenvalue weighted by molar-refractivity contribution is -0.120. The van der Waals surface area contributed by atoms with Crippen molar-refractivity contribution in [2.75, 3.05) is 49.9 Å². The predicted octanol–water partition coefficient (Wildman–Crippen LogP) is 2.58. The van der Waals surface area contributed by atoms with Crippen LogP contribution in [0.1, 0.15) is 10.4 Å². The molecule has 2 aromatic rings. The fourth-order valence-corrected chi connectivity index (χ4v) is 4.57. The molecule has 5 nitrogen and oxygen atoms in total. The van der Waals surface area contributed by atoms with Crippen LogP contribution < -0.4 is 4.90 Å². The van der Waals surface area contributed by atoms with Crippen LogP contribution in [0.2, 0.25) is 0 Å². The van der Waals surface area contributed by atoms with Crippen molar-refractivity contribution in [1.82, 2.24) is 9.80 Å². The van der Waals surface area contributed by atoms with Crippen molar-refractivity contribution >= 4 is 29.3 Å². The number of carbonyl (C=O) groups is 2. The average molecular weight is 382 g/mol. The van der Waals surface area contributed by atoms with Gasteiger partial charge in [-0.2, -0.15) is 0 Å². The van der Waals surface area contributed by atoms with Crippen LogP contribution in [0, 0.1) is 0 Å². The van der Waals surface area contributed by atoms with Crippen LogP contribution in [0.4, 0.5) is 5.69 Å². The maximum atomic E-state index is 12.9. The number of fused-ring (bicyclic) bond motifs is 1. The minimum Gasteiger partial charge on any atom is -0.336 e. The molecule has 0 unspecified atom stereocenters. The number of rotatable bonds is 3. The van der Waals surface area contributed by atoms with Crippen molar-refractivity contribution in [3.8, 4) is 0 Å². The van der Waals surface area contributed by atoms with E-state index in [2.05, 4.69) is 11.0 Å². The summed E-state index contributed by atoms with van der Waals surface area (Å²) < 4.78 is 0. The zero-order valence-electron chi connectivity index (χ0n) is 15.2. The number of thioether (sulfide) groups is 1. The number of carbonyl (C=O) groups excluding carboxylic acids is 2. The molecule has 0 bridgehead atoms. The molecule has 0 aliphatic carbocycles. The van der Waals surface area contributed by atoms with Crippen LogP contribution in [0.15, 0.2) is 59.5 Å². The molecular formula is C21H23N3O2S. The Hall–Kier alpha value is -2.31. The van der Waals surface area contributed by atoms with Crippen molar-refractivity contribution in [2.24, 2.45) is 0 Å². The van der Waals surface area contributed by atoms with E-state index in [-0.39, 0.29) is 11.8 Å². The molecule has 2 aromatic carbocycles. The molecule has 1 fully saturated rings. The van der Waals surface area contributed by atoms with Crippen molar-refractivity contribution < 1.29 is 9.59 Å². The highest BCUT2D eigenvalue weighted by Gasteiger charge is 2.27. The summed E-state index contributed by atoms with van der Waals surface area (Å²) in [5.41, 5.74) is 1.75. The highest BCUT2D eigenvalue weighted by atomic mass is 32.2. The van der Waals surface area contributed by atoms with Crippen LogP contribution >= 0.6 is 11.8 Å². The van der Waals surface area contributed by atoms with Gasteiger partial charge in [0.25, 0.3) is 5.91 Å². The molecule has 0 radical (unpaired) electrons. The van der Waals surface area contributed by atoms with Gasteiger partial charge < -0.3 is 9.80 Å². The molecule has 140 valence electrons. The molecule has 0 atom stereocenters. The second kappa shape index (κ2) is 8.15. The van der Waals surface area contributed by atoms with Gasteiger partial charge in [-0.15, -0.1) is 11.8 Å². The standard InChI is InChI=1S/C21H23N3O2S/c25-20(24-14-15-27-19-9-5-4-8-18(19)24)16-22-10-12-23(13-11-22)21(26)17-6-2-1-3-7-17/h1-9H,10-16H2. The Morgan fingerprint density at radius 3 is 2.33 bits per heavy atom. The zero-order valence-corrected chi connectivity index (χ0v) is 16.0. The number of para-hydroxylation sites is 1. The first kappa shape index (κ1) is 18.1. The van der Waals surface area contributed by atoms with Crippen LogP contribution in [0.5, 0.6) is 0 Å². The predicted molar refractivity (Wildman–Crippen MR) is 108 cm³/mol. The van der Waals surface area contributed by atoms with E-state index in [1.807, 2.05) is 58.3 Å². The molecule has 0 aromatic heterocycles. The third kappa shape index (κ3) is 4.01. The number of amides is 2. The molecule has 0 saturated carbocycles. The fraction of sp³-hybridized carbons (Fsp3) is 0.333. The first-order chi connectivity index (χ1) is 13.2. The lowest BCUT2D eigenvalue weighted by atomic mass is 10.2. The smallest absolute Gasteiger partial charge is 0.253 e. The van der Waals surface area contributed by atoms with Gasteiger partial charge in [-0.25, -0.2) is 0 Å². The van der Waals surface area contributed by atoms with E-state index in [1.54, 1.807) is 11.8 Å². The first-order valence-corrected chi connectivity index (χ1v) is 10.3. The number of piperazine rings is 1. The van der Waals surface area contributed by atoms with E-state index >= 15 is 0 Å². The van der Waals surface area contributed by atoms with Gasteiger partial charge in [0.15, 0.2) is 0 Å². The zero-order chi connectivity index (χ0) is 18.6. The Balaban J connectivity index is 1.33. The van der Waals surface area contributed by atoms with Crippen molar-refractivity contribution in [3.05, 3.63) is 60.2 Å². The largest absolute Gasteiger partial charge is 0.336 e. The van der Waals surface area contributed by atoms with Crippen LogP contribution in [0.25, 0.3) is 0 Å². The molecule has 1 saturated heterocycles. The molecule has 0 N–H and O–H groups in total. The fourth-order valence-electron chi connectivity index (χ4n) is 3.58.